The van der Waals surface area contributed by atoms with E-state index in [1.165, 1.54) is 42.5 Å². The molecule has 2 aromatic rings. The topological polar surface area (TPSA) is 92.3 Å². The zero-order valence-corrected chi connectivity index (χ0v) is 12.6. The number of thiophene rings is 1. The number of rotatable bonds is 5. The highest BCUT2D eigenvalue weighted by Crippen LogP contribution is 2.12. The Morgan fingerprint density at radius 1 is 1.14 bits per heavy atom. The average Bonchev–Trinajstić information content (AvgIpc) is 2.99. The van der Waals surface area contributed by atoms with E-state index in [0.717, 1.165) is 0 Å². The number of ketones is 1. The van der Waals surface area contributed by atoms with Gasteiger partial charge in [0.05, 0.1) is 9.77 Å². The zero-order valence-electron chi connectivity index (χ0n) is 11.0. The van der Waals surface area contributed by atoms with Crippen molar-refractivity contribution >= 4 is 33.1 Å². The molecule has 0 fully saturated rings. The van der Waals surface area contributed by atoms with Gasteiger partial charge in [0, 0.05) is 5.56 Å². The molecule has 1 heterocycles. The molecule has 0 aliphatic rings. The van der Waals surface area contributed by atoms with Gasteiger partial charge in [-0.15, -0.1) is 16.2 Å². The van der Waals surface area contributed by atoms with Gasteiger partial charge in [-0.2, -0.15) is 0 Å². The van der Waals surface area contributed by atoms with Crippen LogP contribution in [0, 0.1) is 0 Å². The lowest BCUT2D eigenvalue weighted by Crippen LogP contribution is -2.41. The molecular formula is C13H12N2O4S2. The van der Waals surface area contributed by atoms with E-state index in [-0.39, 0.29) is 16.2 Å². The number of carbonyl (C=O) groups is 2. The fourth-order valence-electron chi connectivity index (χ4n) is 1.52. The zero-order chi connectivity index (χ0) is 15.5. The Labute approximate surface area is 125 Å². The maximum absolute atomic E-state index is 12.0. The van der Waals surface area contributed by atoms with Crippen molar-refractivity contribution in [3.05, 3.63) is 52.2 Å². The van der Waals surface area contributed by atoms with Crippen molar-refractivity contribution in [1.82, 2.24) is 10.3 Å². The summed E-state index contributed by atoms with van der Waals surface area (Å²) in [5, 5.41) is 1.71. The van der Waals surface area contributed by atoms with Crippen LogP contribution < -0.4 is 10.3 Å². The van der Waals surface area contributed by atoms with Crippen molar-refractivity contribution in [2.45, 2.75) is 11.8 Å². The first-order valence-electron chi connectivity index (χ1n) is 5.87. The van der Waals surface area contributed by atoms with Crippen LogP contribution in [0.3, 0.4) is 0 Å². The van der Waals surface area contributed by atoms with Crippen LogP contribution in [0.25, 0.3) is 0 Å². The molecule has 0 saturated carbocycles. The summed E-state index contributed by atoms with van der Waals surface area (Å²) in [6, 6.07) is 8.83. The highest BCUT2D eigenvalue weighted by Gasteiger charge is 2.17. The summed E-state index contributed by atoms with van der Waals surface area (Å²) in [4.78, 5) is 25.2. The van der Waals surface area contributed by atoms with Gasteiger partial charge < -0.3 is 0 Å². The molecule has 0 bridgehead atoms. The van der Waals surface area contributed by atoms with E-state index in [1.807, 2.05) is 4.83 Å². The number of Topliss-reactive ketones (excluding diaryl/α,β-unsaturated/α-hetero) is 1. The van der Waals surface area contributed by atoms with E-state index in [1.54, 1.807) is 17.5 Å². The summed E-state index contributed by atoms with van der Waals surface area (Å²) >= 11 is 1.19. The van der Waals surface area contributed by atoms with E-state index in [9.17, 15) is 18.0 Å². The predicted molar refractivity (Wildman–Crippen MR) is 78.6 cm³/mol. The molecule has 2 N–H and O–H groups in total. The average molecular weight is 324 g/mol. The molecule has 0 aliphatic carbocycles. The first kappa shape index (κ1) is 15.4. The summed E-state index contributed by atoms with van der Waals surface area (Å²) in [6.45, 7) is 1.34. The molecule has 1 aromatic heterocycles. The van der Waals surface area contributed by atoms with Crippen LogP contribution in [-0.2, 0) is 10.0 Å². The van der Waals surface area contributed by atoms with E-state index in [2.05, 4.69) is 5.43 Å². The van der Waals surface area contributed by atoms with Crippen molar-refractivity contribution in [2.24, 2.45) is 0 Å². The Hall–Kier alpha value is -2.03. The summed E-state index contributed by atoms with van der Waals surface area (Å²) < 4.78 is 24.1. The number of amides is 1. The molecule has 6 nitrogen and oxygen atoms in total. The fraction of sp³-hybridized carbons (Fsp3) is 0.0769. The number of nitrogens with one attached hydrogen (secondary N) is 2. The third-order valence-electron chi connectivity index (χ3n) is 2.59. The Kier molecular flexibility index (Phi) is 4.51. The normalized spacial score (nSPS) is 11.1. The second kappa shape index (κ2) is 6.17. The van der Waals surface area contributed by atoms with Crippen LogP contribution in [-0.4, -0.2) is 20.1 Å². The number of hydrazine groups is 1. The van der Waals surface area contributed by atoms with Crippen molar-refractivity contribution in [1.29, 1.82) is 0 Å². The van der Waals surface area contributed by atoms with Gasteiger partial charge in [0.1, 0.15) is 0 Å². The molecule has 21 heavy (non-hydrogen) atoms. The van der Waals surface area contributed by atoms with Gasteiger partial charge in [-0.3, -0.25) is 15.0 Å². The van der Waals surface area contributed by atoms with Gasteiger partial charge >= 0.3 is 0 Å². The number of hydrogen-bond donors (Lipinski definition) is 2. The molecule has 2 rings (SSSR count). The molecule has 0 saturated heterocycles. The SMILES string of the molecule is CC(=O)c1cccc(S(=O)(=O)NNC(=O)c2cccs2)c1. The minimum Gasteiger partial charge on any atom is -0.295 e. The Morgan fingerprint density at radius 3 is 2.52 bits per heavy atom. The summed E-state index contributed by atoms with van der Waals surface area (Å²) in [6.07, 6.45) is 0. The van der Waals surface area contributed by atoms with Crippen molar-refractivity contribution < 1.29 is 18.0 Å². The van der Waals surface area contributed by atoms with E-state index >= 15 is 0 Å². The summed E-state index contributed by atoms with van der Waals surface area (Å²) in [5.74, 6) is -0.786. The Balaban J connectivity index is 2.13. The van der Waals surface area contributed by atoms with Gasteiger partial charge in [0.15, 0.2) is 5.78 Å². The maximum Gasteiger partial charge on any atom is 0.276 e. The molecule has 0 atom stereocenters. The van der Waals surface area contributed by atoms with Crippen LogP contribution in [0.15, 0.2) is 46.7 Å². The van der Waals surface area contributed by atoms with Gasteiger partial charge in [0.2, 0.25) is 0 Å². The largest absolute Gasteiger partial charge is 0.295 e. The van der Waals surface area contributed by atoms with E-state index in [4.69, 9.17) is 0 Å². The second-order valence-corrected chi connectivity index (χ2v) is 6.75. The molecular weight excluding hydrogens is 312 g/mol. The van der Waals surface area contributed by atoms with Crippen LogP contribution >= 0.6 is 11.3 Å². The third-order valence-corrected chi connectivity index (χ3v) is 4.71. The van der Waals surface area contributed by atoms with Crippen LogP contribution in [0.5, 0.6) is 0 Å². The van der Waals surface area contributed by atoms with Crippen LogP contribution in [0.1, 0.15) is 27.0 Å². The minimum atomic E-state index is -3.93. The van der Waals surface area contributed by atoms with Crippen molar-refractivity contribution in [3.8, 4) is 0 Å². The highest BCUT2D eigenvalue weighted by atomic mass is 32.2. The van der Waals surface area contributed by atoms with Crippen LogP contribution in [0.4, 0.5) is 0 Å². The number of hydrogen-bond acceptors (Lipinski definition) is 5. The first-order valence-corrected chi connectivity index (χ1v) is 8.23. The van der Waals surface area contributed by atoms with Gasteiger partial charge in [-0.25, -0.2) is 8.42 Å². The molecule has 1 aromatic carbocycles. The maximum atomic E-state index is 12.0. The van der Waals surface area contributed by atoms with Crippen LogP contribution in [0.2, 0.25) is 0 Å². The highest BCUT2D eigenvalue weighted by molar-refractivity contribution is 7.89. The van der Waals surface area contributed by atoms with Crippen molar-refractivity contribution in [3.63, 3.8) is 0 Å². The lowest BCUT2D eigenvalue weighted by molar-refractivity contribution is 0.0948. The Bertz CT molecular complexity index is 767. The second-order valence-electron chi connectivity index (χ2n) is 4.12. The third kappa shape index (κ3) is 3.75. The minimum absolute atomic E-state index is 0.0957. The predicted octanol–water partition coefficient (Wildman–Crippen LogP) is 1.57. The molecule has 0 spiro atoms. The summed E-state index contributed by atoms with van der Waals surface area (Å²) in [5.41, 5.74) is 2.40. The van der Waals surface area contributed by atoms with Gasteiger partial charge in [0.25, 0.3) is 15.9 Å². The van der Waals surface area contributed by atoms with Gasteiger partial charge in [-0.1, -0.05) is 18.2 Å². The number of sulfonamides is 1. The molecule has 0 aliphatic heterocycles. The molecule has 110 valence electrons. The van der Waals surface area contributed by atoms with E-state index < -0.39 is 15.9 Å². The number of carbonyl (C=O) groups excluding carboxylic acids is 2. The standard InChI is InChI=1S/C13H12N2O4S2/c1-9(16)10-4-2-5-11(8-10)21(18,19)15-14-13(17)12-6-3-7-20-12/h2-8,15H,1H3,(H,14,17). The van der Waals surface area contributed by atoms with E-state index in [0.29, 0.717) is 4.88 Å². The smallest absolute Gasteiger partial charge is 0.276 e. The molecule has 1 amide bonds. The lowest BCUT2D eigenvalue weighted by Gasteiger charge is -2.08. The monoisotopic (exact) mass is 324 g/mol. The molecule has 0 radical (unpaired) electrons. The quantitative estimate of drug-likeness (QED) is 0.645. The number of benzene rings is 1. The molecule has 8 heteroatoms. The summed E-state index contributed by atoms with van der Waals surface area (Å²) in [7, 11) is -3.93. The Morgan fingerprint density at radius 2 is 1.90 bits per heavy atom. The van der Waals surface area contributed by atoms with Gasteiger partial charge in [-0.05, 0) is 30.5 Å². The lowest BCUT2D eigenvalue weighted by atomic mass is 10.2. The van der Waals surface area contributed by atoms with Crippen molar-refractivity contribution in [2.75, 3.05) is 0 Å². The molecule has 0 unspecified atom stereocenters. The fourth-order valence-corrected chi connectivity index (χ4v) is 3.03. The first-order chi connectivity index (χ1) is 9.90.